The van der Waals surface area contributed by atoms with Crippen molar-refractivity contribution in [1.29, 1.82) is 0 Å². The fourth-order valence-electron chi connectivity index (χ4n) is 3.59. The number of carbonyl (C=O) groups excluding carboxylic acids is 2. The topological polar surface area (TPSA) is 74.8 Å². The summed E-state index contributed by atoms with van der Waals surface area (Å²) in [7, 11) is 0. The number of hydrogen-bond donors (Lipinski definition) is 1. The minimum absolute atomic E-state index is 0.00372. The Bertz CT molecular complexity index is 1150. The number of amides is 2. The second kappa shape index (κ2) is 10.2. The lowest BCUT2D eigenvalue weighted by Crippen LogP contribution is -2.49. The van der Waals surface area contributed by atoms with E-state index in [9.17, 15) is 22.8 Å². The van der Waals surface area contributed by atoms with Gasteiger partial charge in [0.2, 0.25) is 0 Å². The van der Waals surface area contributed by atoms with Crippen molar-refractivity contribution < 1.29 is 27.5 Å². The molecule has 176 valence electrons. The predicted molar refractivity (Wildman–Crippen MR) is 120 cm³/mol. The van der Waals surface area contributed by atoms with Gasteiger partial charge in [0.05, 0.1) is 17.4 Å². The van der Waals surface area contributed by atoms with Crippen molar-refractivity contribution in [3.63, 3.8) is 0 Å². The highest BCUT2D eigenvalue weighted by atomic mass is 19.3. The Balaban J connectivity index is 1.31. The lowest BCUT2D eigenvalue weighted by atomic mass is 10.1. The molecule has 10 heteroatoms. The van der Waals surface area contributed by atoms with E-state index < -0.39 is 18.3 Å². The summed E-state index contributed by atoms with van der Waals surface area (Å²) in [5.74, 6) is -0.675. The fourth-order valence-corrected chi connectivity index (χ4v) is 3.59. The molecule has 4 rings (SSSR count). The van der Waals surface area contributed by atoms with E-state index in [-0.39, 0.29) is 17.2 Å². The molecule has 0 saturated carbocycles. The van der Waals surface area contributed by atoms with Crippen molar-refractivity contribution in [2.45, 2.75) is 6.61 Å². The van der Waals surface area contributed by atoms with Crippen LogP contribution in [0.5, 0.6) is 5.75 Å². The molecule has 0 aliphatic carbocycles. The van der Waals surface area contributed by atoms with Gasteiger partial charge in [-0.1, -0.05) is 12.1 Å². The van der Waals surface area contributed by atoms with E-state index in [4.69, 9.17) is 0 Å². The van der Waals surface area contributed by atoms with Crippen LogP contribution in [-0.4, -0.2) is 54.5 Å². The zero-order valence-corrected chi connectivity index (χ0v) is 18.0. The number of nitrogens with one attached hydrogen (secondary N) is 1. The molecule has 0 radical (unpaired) electrons. The molecule has 0 spiro atoms. The minimum Gasteiger partial charge on any atom is -0.435 e. The van der Waals surface area contributed by atoms with Crippen LogP contribution < -0.4 is 15.0 Å². The van der Waals surface area contributed by atoms with Crippen LogP contribution in [0.25, 0.3) is 0 Å². The Morgan fingerprint density at radius 1 is 0.941 bits per heavy atom. The number of alkyl halides is 2. The zero-order valence-electron chi connectivity index (χ0n) is 18.0. The summed E-state index contributed by atoms with van der Waals surface area (Å²) in [4.78, 5) is 33.0. The highest BCUT2D eigenvalue weighted by Crippen LogP contribution is 2.20. The van der Waals surface area contributed by atoms with Crippen LogP contribution in [0.3, 0.4) is 0 Å². The highest BCUT2D eigenvalue weighted by molar-refractivity contribution is 6.04. The Labute approximate surface area is 193 Å². The van der Waals surface area contributed by atoms with Crippen LogP contribution in [0.15, 0.2) is 66.9 Å². The standard InChI is InChI=1S/C24H21F3N4O3/c25-20-4-2-1-3-19(20)22(32)29-17-7-10-21(28-15-17)30-11-13-31(14-12-30)23(33)16-5-8-18(9-6-16)34-24(26)27/h1-10,15,24H,11-14H2,(H,29,32). The summed E-state index contributed by atoms with van der Waals surface area (Å²) in [5, 5.41) is 2.62. The van der Waals surface area contributed by atoms with Crippen molar-refractivity contribution in [2.24, 2.45) is 0 Å². The first kappa shape index (κ1) is 23.1. The molecule has 34 heavy (non-hydrogen) atoms. The quantitative estimate of drug-likeness (QED) is 0.589. The number of anilines is 2. The third-order valence-corrected chi connectivity index (χ3v) is 5.34. The SMILES string of the molecule is O=C(Nc1ccc(N2CCN(C(=O)c3ccc(OC(F)F)cc3)CC2)nc1)c1ccccc1F. The van der Waals surface area contributed by atoms with E-state index in [1.54, 1.807) is 23.1 Å². The maximum atomic E-state index is 13.8. The number of piperazine rings is 1. The molecular weight excluding hydrogens is 449 g/mol. The van der Waals surface area contributed by atoms with E-state index in [0.29, 0.717) is 43.2 Å². The number of pyridine rings is 1. The number of halogens is 3. The predicted octanol–water partition coefficient (Wildman–Crippen LogP) is 4.04. The first-order chi connectivity index (χ1) is 16.4. The fraction of sp³-hybridized carbons (Fsp3) is 0.208. The smallest absolute Gasteiger partial charge is 0.387 e. The maximum absolute atomic E-state index is 13.8. The molecule has 1 aliphatic rings. The second-order valence-electron chi connectivity index (χ2n) is 7.52. The molecule has 7 nitrogen and oxygen atoms in total. The average Bonchev–Trinajstić information content (AvgIpc) is 2.84. The Morgan fingerprint density at radius 3 is 2.26 bits per heavy atom. The number of rotatable bonds is 6. The van der Waals surface area contributed by atoms with Gasteiger partial charge in [-0.2, -0.15) is 8.78 Å². The van der Waals surface area contributed by atoms with Crippen LogP contribution in [0, 0.1) is 5.82 Å². The molecule has 2 aromatic carbocycles. The number of carbonyl (C=O) groups is 2. The molecule has 0 unspecified atom stereocenters. The van der Waals surface area contributed by atoms with Gasteiger partial charge in [-0.05, 0) is 48.5 Å². The first-order valence-electron chi connectivity index (χ1n) is 10.5. The average molecular weight is 470 g/mol. The van der Waals surface area contributed by atoms with Gasteiger partial charge in [-0.3, -0.25) is 9.59 Å². The molecular formula is C24H21F3N4O3. The third-order valence-electron chi connectivity index (χ3n) is 5.34. The van der Waals surface area contributed by atoms with E-state index in [2.05, 4.69) is 15.0 Å². The van der Waals surface area contributed by atoms with Gasteiger partial charge < -0.3 is 19.9 Å². The minimum atomic E-state index is -2.92. The Morgan fingerprint density at radius 2 is 1.65 bits per heavy atom. The normalized spacial score (nSPS) is 13.6. The highest BCUT2D eigenvalue weighted by Gasteiger charge is 2.23. The van der Waals surface area contributed by atoms with Crippen molar-refractivity contribution >= 4 is 23.3 Å². The Hall–Kier alpha value is -4.08. The molecule has 1 N–H and O–H groups in total. The van der Waals surface area contributed by atoms with Gasteiger partial charge in [0.15, 0.2) is 0 Å². The number of aromatic nitrogens is 1. The number of ether oxygens (including phenoxy) is 1. The van der Waals surface area contributed by atoms with Gasteiger partial charge in [0, 0.05) is 31.7 Å². The molecule has 1 aliphatic heterocycles. The van der Waals surface area contributed by atoms with E-state index in [1.807, 2.05) is 4.90 Å². The van der Waals surface area contributed by atoms with Gasteiger partial charge in [0.25, 0.3) is 11.8 Å². The number of hydrogen-bond acceptors (Lipinski definition) is 5. The van der Waals surface area contributed by atoms with Gasteiger partial charge in [-0.15, -0.1) is 0 Å². The first-order valence-corrected chi connectivity index (χ1v) is 10.5. The van der Waals surface area contributed by atoms with Gasteiger partial charge >= 0.3 is 6.61 Å². The number of benzene rings is 2. The van der Waals surface area contributed by atoms with Gasteiger partial charge in [0.1, 0.15) is 17.4 Å². The zero-order chi connectivity index (χ0) is 24.1. The summed E-state index contributed by atoms with van der Waals surface area (Å²) in [6, 6.07) is 14.7. The second-order valence-corrected chi connectivity index (χ2v) is 7.52. The van der Waals surface area contributed by atoms with Crippen LogP contribution >= 0.6 is 0 Å². The third kappa shape index (κ3) is 5.45. The molecule has 1 aromatic heterocycles. The van der Waals surface area contributed by atoms with Crippen molar-refractivity contribution in [3.8, 4) is 5.75 Å². The molecule has 3 aromatic rings. The summed E-state index contributed by atoms with van der Waals surface area (Å²) < 4.78 is 42.6. The lowest BCUT2D eigenvalue weighted by molar-refractivity contribution is -0.0498. The molecule has 2 heterocycles. The maximum Gasteiger partial charge on any atom is 0.387 e. The van der Waals surface area contributed by atoms with Crippen molar-refractivity contribution in [2.75, 3.05) is 36.4 Å². The summed E-state index contributed by atoms with van der Waals surface area (Å²) in [6.45, 7) is -0.901. The van der Waals surface area contributed by atoms with E-state index in [0.717, 1.165) is 0 Å². The van der Waals surface area contributed by atoms with Crippen molar-refractivity contribution in [1.82, 2.24) is 9.88 Å². The Kier molecular flexibility index (Phi) is 6.95. The van der Waals surface area contributed by atoms with Crippen LogP contribution in [0.4, 0.5) is 24.7 Å². The van der Waals surface area contributed by atoms with Crippen LogP contribution in [-0.2, 0) is 0 Å². The van der Waals surface area contributed by atoms with Crippen LogP contribution in [0.2, 0.25) is 0 Å². The lowest BCUT2D eigenvalue weighted by Gasteiger charge is -2.35. The molecule has 1 fully saturated rings. The van der Waals surface area contributed by atoms with E-state index >= 15 is 0 Å². The molecule has 1 saturated heterocycles. The van der Waals surface area contributed by atoms with E-state index in [1.165, 1.54) is 48.7 Å². The molecule has 2 amide bonds. The van der Waals surface area contributed by atoms with Crippen LogP contribution in [0.1, 0.15) is 20.7 Å². The van der Waals surface area contributed by atoms with Crippen molar-refractivity contribution in [3.05, 3.63) is 83.8 Å². The number of nitrogens with zero attached hydrogens (tertiary/aromatic N) is 3. The monoisotopic (exact) mass is 470 g/mol. The summed E-state index contributed by atoms with van der Waals surface area (Å²) in [6.07, 6.45) is 1.49. The molecule has 0 atom stereocenters. The van der Waals surface area contributed by atoms with Gasteiger partial charge in [-0.25, -0.2) is 9.37 Å². The summed E-state index contributed by atoms with van der Waals surface area (Å²) >= 11 is 0. The molecule has 0 bridgehead atoms. The largest absolute Gasteiger partial charge is 0.435 e. The summed E-state index contributed by atoms with van der Waals surface area (Å²) in [5.41, 5.74) is 0.775.